The van der Waals surface area contributed by atoms with Crippen LogP contribution >= 0.6 is 0 Å². The van der Waals surface area contributed by atoms with Gasteiger partial charge >= 0.3 is 0 Å². The maximum absolute atomic E-state index is 12.1. The minimum absolute atomic E-state index is 0.0755. The first-order valence-electron chi connectivity index (χ1n) is 9.01. The van der Waals surface area contributed by atoms with Gasteiger partial charge in [-0.05, 0) is 42.5 Å². The lowest BCUT2D eigenvalue weighted by atomic mass is 10.1. The quantitative estimate of drug-likeness (QED) is 0.386. The Morgan fingerprint density at radius 2 is 1.81 bits per heavy atom. The molecule has 5 nitrogen and oxygen atoms in total. The monoisotopic (exact) mass is 363 g/mol. The molecule has 2 aromatic rings. The van der Waals surface area contributed by atoms with Crippen LogP contribution in [0.4, 0.5) is 0 Å². The summed E-state index contributed by atoms with van der Waals surface area (Å²) >= 11 is 0. The molecule has 2 N–H and O–H groups in total. The molecule has 0 spiro atoms. The summed E-state index contributed by atoms with van der Waals surface area (Å²) in [6.07, 6.45) is 4.54. The molecule has 0 saturated heterocycles. The molecule has 27 heavy (non-hydrogen) atoms. The number of unbranched alkanes of at least 4 members (excludes halogenated alkanes) is 1. The summed E-state index contributed by atoms with van der Waals surface area (Å²) in [4.78, 5) is 12.1. The van der Waals surface area contributed by atoms with Gasteiger partial charge in [-0.2, -0.15) is 5.26 Å². The van der Waals surface area contributed by atoms with Crippen molar-refractivity contribution < 1.29 is 9.53 Å². The average molecular weight is 363 g/mol. The summed E-state index contributed by atoms with van der Waals surface area (Å²) in [5.74, 6) is 0.379. The fraction of sp³-hybridized carbons (Fsp3) is 0.273. The zero-order valence-corrected chi connectivity index (χ0v) is 15.6. The molecule has 140 valence electrons. The topological polar surface area (TPSA) is 74.1 Å². The average Bonchev–Trinajstić information content (AvgIpc) is 2.72. The molecule has 0 bridgehead atoms. The zero-order valence-electron chi connectivity index (χ0n) is 15.6. The van der Waals surface area contributed by atoms with Crippen LogP contribution in [0.5, 0.6) is 5.75 Å². The number of aryl methyl sites for hydroxylation is 1. The highest BCUT2D eigenvalue weighted by atomic mass is 16.5. The SMILES string of the molecule is COc1ccc(CNC(=O)/C(C#N)=C\NCCCCc2ccccc2)cc1. The van der Waals surface area contributed by atoms with Crippen LogP contribution in [0, 0.1) is 11.3 Å². The highest BCUT2D eigenvalue weighted by Gasteiger charge is 2.08. The van der Waals surface area contributed by atoms with Gasteiger partial charge in [-0.3, -0.25) is 4.79 Å². The maximum atomic E-state index is 12.1. The van der Waals surface area contributed by atoms with Gasteiger partial charge in [0.25, 0.3) is 5.91 Å². The second kappa shape index (κ2) is 11.4. The summed E-state index contributed by atoms with van der Waals surface area (Å²) in [6.45, 7) is 1.09. The van der Waals surface area contributed by atoms with Gasteiger partial charge in [0.05, 0.1) is 7.11 Å². The van der Waals surface area contributed by atoms with E-state index in [1.54, 1.807) is 7.11 Å². The highest BCUT2D eigenvalue weighted by Crippen LogP contribution is 2.11. The standard InChI is InChI=1S/C22H25N3O2/c1-27-21-12-10-19(11-13-21)16-25-22(26)20(15-23)17-24-14-6-5-9-18-7-3-2-4-8-18/h2-4,7-8,10-13,17,24H,5-6,9,14,16H2,1H3,(H,25,26)/b20-17-. The molecule has 0 aliphatic heterocycles. The van der Waals surface area contributed by atoms with Crippen LogP contribution in [0.25, 0.3) is 0 Å². The number of carbonyl (C=O) groups excluding carboxylic acids is 1. The first-order valence-corrected chi connectivity index (χ1v) is 9.01. The predicted molar refractivity (Wildman–Crippen MR) is 106 cm³/mol. The maximum Gasteiger partial charge on any atom is 0.263 e. The van der Waals surface area contributed by atoms with Crippen LogP contribution in [0.3, 0.4) is 0 Å². The normalized spacial score (nSPS) is 10.7. The molecule has 0 atom stereocenters. The fourth-order valence-corrected chi connectivity index (χ4v) is 2.54. The number of hydrogen-bond acceptors (Lipinski definition) is 4. The van der Waals surface area contributed by atoms with E-state index in [-0.39, 0.29) is 11.5 Å². The number of rotatable bonds is 10. The molecule has 0 fully saturated rings. The van der Waals surface area contributed by atoms with Crippen molar-refractivity contribution in [1.29, 1.82) is 5.26 Å². The number of carbonyl (C=O) groups is 1. The third-order valence-corrected chi connectivity index (χ3v) is 4.10. The van der Waals surface area contributed by atoms with E-state index in [2.05, 4.69) is 22.8 Å². The van der Waals surface area contributed by atoms with E-state index >= 15 is 0 Å². The van der Waals surface area contributed by atoms with Crippen molar-refractivity contribution in [2.45, 2.75) is 25.8 Å². The van der Waals surface area contributed by atoms with E-state index in [4.69, 9.17) is 4.74 Å². The third kappa shape index (κ3) is 7.25. The molecule has 5 heteroatoms. The zero-order chi connectivity index (χ0) is 19.3. The minimum atomic E-state index is -0.384. The van der Waals surface area contributed by atoms with Crippen molar-refractivity contribution in [1.82, 2.24) is 10.6 Å². The minimum Gasteiger partial charge on any atom is -0.497 e. The van der Waals surface area contributed by atoms with Crippen LogP contribution in [-0.4, -0.2) is 19.6 Å². The molecule has 2 rings (SSSR count). The van der Waals surface area contributed by atoms with Gasteiger partial charge < -0.3 is 15.4 Å². The lowest BCUT2D eigenvalue weighted by Gasteiger charge is -2.06. The molecule has 2 aromatic carbocycles. The molecule has 0 aliphatic rings. The Hall–Kier alpha value is -3.26. The second-order valence-electron chi connectivity index (χ2n) is 6.10. The first-order chi connectivity index (χ1) is 13.2. The highest BCUT2D eigenvalue weighted by molar-refractivity contribution is 5.97. The van der Waals surface area contributed by atoms with E-state index in [0.29, 0.717) is 6.54 Å². The van der Waals surface area contributed by atoms with Crippen LogP contribution in [0.2, 0.25) is 0 Å². The van der Waals surface area contributed by atoms with Gasteiger partial charge in [0.1, 0.15) is 17.4 Å². The van der Waals surface area contributed by atoms with Crippen molar-refractivity contribution in [3.8, 4) is 11.8 Å². The molecule has 0 heterocycles. The Balaban J connectivity index is 1.69. The Kier molecular flexibility index (Phi) is 8.45. The van der Waals surface area contributed by atoms with Gasteiger partial charge in [-0.1, -0.05) is 42.5 Å². The lowest BCUT2D eigenvalue weighted by Crippen LogP contribution is -2.25. The first kappa shape index (κ1) is 20.1. The Bertz CT molecular complexity index is 777. The summed E-state index contributed by atoms with van der Waals surface area (Å²) < 4.78 is 5.10. The van der Waals surface area contributed by atoms with Crippen LogP contribution < -0.4 is 15.4 Å². The Labute approximate surface area is 160 Å². The van der Waals surface area contributed by atoms with Crippen LogP contribution in [0.15, 0.2) is 66.4 Å². The van der Waals surface area contributed by atoms with E-state index in [1.807, 2.05) is 48.5 Å². The summed E-state index contributed by atoms with van der Waals surface area (Å²) in [5.41, 5.74) is 2.34. The van der Waals surface area contributed by atoms with Gasteiger partial charge in [-0.25, -0.2) is 0 Å². The second-order valence-corrected chi connectivity index (χ2v) is 6.10. The molecule has 0 radical (unpaired) electrons. The van der Waals surface area contributed by atoms with Crippen LogP contribution in [0.1, 0.15) is 24.0 Å². The molecule has 0 aromatic heterocycles. The molecule has 0 unspecified atom stereocenters. The van der Waals surface area contributed by atoms with Gasteiger partial charge in [0, 0.05) is 19.3 Å². The van der Waals surface area contributed by atoms with Crippen molar-refractivity contribution in [3.63, 3.8) is 0 Å². The Morgan fingerprint density at radius 3 is 2.48 bits per heavy atom. The number of amides is 1. The number of ether oxygens (including phenoxy) is 1. The van der Waals surface area contributed by atoms with Crippen molar-refractivity contribution in [3.05, 3.63) is 77.5 Å². The molecule has 0 aliphatic carbocycles. The summed E-state index contributed by atoms with van der Waals surface area (Å²) in [6, 6.07) is 19.7. The molecule has 1 amide bonds. The van der Waals surface area contributed by atoms with E-state index in [1.165, 1.54) is 11.8 Å². The summed E-state index contributed by atoms with van der Waals surface area (Å²) in [7, 11) is 1.61. The number of nitrogens with zero attached hydrogens (tertiary/aromatic N) is 1. The Morgan fingerprint density at radius 1 is 1.07 bits per heavy atom. The van der Waals surface area contributed by atoms with Crippen molar-refractivity contribution in [2.75, 3.05) is 13.7 Å². The van der Waals surface area contributed by atoms with Crippen molar-refractivity contribution in [2.24, 2.45) is 0 Å². The lowest BCUT2D eigenvalue weighted by molar-refractivity contribution is -0.117. The van der Waals surface area contributed by atoms with Gasteiger partial charge in [0.2, 0.25) is 0 Å². The van der Waals surface area contributed by atoms with E-state index in [0.717, 1.165) is 37.1 Å². The number of methoxy groups -OCH3 is 1. The number of nitriles is 1. The van der Waals surface area contributed by atoms with Gasteiger partial charge in [0.15, 0.2) is 0 Å². The fourth-order valence-electron chi connectivity index (χ4n) is 2.54. The molecule has 0 saturated carbocycles. The third-order valence-electron chi connectivity index (χ3n) is 4.10. The molecular formula is C22H25N3O2. The van der Waals surface area contributed by atoms with E-state index < -0.39 is 0 Å². The number of benzene rings is 2. The largest absolute Gasteiger partial charge is 0.497 e. The van der Waals surface area contributed by atoms with Crippen LogP contribution in [-0.2, 0) is 17.8 Å². The van der Waals surface area contributed by atoms with Crippen molar-refractivity contribution >= 4 is 5.91 Å². The smallest absolute Gasteiger partial charge is 0.263 e. The number of hydrogen-bond donors (Lipinski definition) is 2. The van der Waals surface area contributed by atoms with Gasteiger partial charge in [-0.15, -0.1) is 0 Å². The molecular weight excluding hydrogens is 338 g/mol. The number of nitrogens with one attached hydrogen (secondary N) is 2. The predicted octanol–water partition coefficient (Wildman–Crippen LogP) is 3.33. The summed E-state index contributed by atoms with van der Waals surface area (Å²) in [5, 5.41) is 15.0. The van der Waals surface area contributed by atoms with E-state index in [9.17, 15) is 10.1 Å².